The van der Waals surface area contributed by atoms with Gasteiger partial charge in [0.1, 0.15) is 0 Å². The number of rotatable bonds is 2. The van der Waals surface area contributed by atoms with Crippen LogP contribution in [0.25, 0.3) is 0 Å². The minimum atomic E-state index is -0.472. The SMILES string of the molecule is CCOC(=O)c1cc2c(cc1Cl)C(=O)CCN2. The van der Waals surface area contributed by atoms with Gasteiger partial charge in [-0.05, 0) is 19.1 Å². The molecule has 1 aromatic rings. The van der Waals surface area contributed by atoms with Crippen LogP contribution in [-0.4, -0.2) is 24.9 Å². The van der Waals surface area contributed by atoms with Crippen LogP contribution >= 0.6 is 11.6 Å². The average Bonchev–Trinajstić information content (AvgIpc) is 2.30. The standard InChI is InChI=1S/C12H12ClNO3/c1-2-17-12(16)7-6-10-8(5-9(7)13)11(15)3-4-14-10/h5-6,14H,2-4H2,1H3. The van der Waals surface area contributed by atoms with Crippen LogP contribution in [0.2, 0.25) is 5.02 Å². The molecule has 1 aromatic carbocycles. The second-order valence-corrected chi connectivity index (χ2v) is 4.11. The molecular formula is C12H12ClNO3. The molecule has 0 fully saturated rings. The molecule has 2 rings (SSSR count). The molecule has 0 bridgehead atoms. The maximum absolute atomic E-state index is 11.6. The van der Waals surface area contributed by atoms with Crippen molar-refractivity contribution in [3.05, 3.63) is 28.3 Å². The first-order valence-corrected chi connectivity index (χ1v) is 5.79. The van der Waals surface area contributed by atoms with Crippen LogP contribution in [0, 0.1) is 0 Å². The molecule has 17 heavy (non-hydrogen) atoms. The summed E-state index contributed by atoms with van der Waals surface area (Å²) in [7, 11) is 0. The molecule has 90 valence electrons. The number of ketones is 1. The molecule has 0 unspecified atom stereocenters. The molecule has 1 N–H and O–H groups in total. The van der Waals surface area contributed by atoms with Gasteiger partial charge in [-0.2, -0.15) is 0 Å². The smallest absolute Gasteiger partial charge is 0.339 e. The predicted molar refractivity (Wildman–Crippen MR) is 64.8 cm³/mol. The molecule has 0 aliphatic carbocycles. The van der Waals surface area contributed by atoms with E-state index in [0.29, 0.717) is 30.8 Å². The third-order valence-corrected chi connectivity index (χ3v) is 2.88. The first-order chi connectivity index (χ1) is 8.13. The predicted octanol–water partition coefficient (Wildman–Crippen LogP) is 2.52. The van der Waals surface area contributed by atoms with Crippen molar-refractivity contribution < 1.29 is 14.3 Å². The quantitative estimate of drug-likeness (QED) is 0.823. The van der Waals surface area contributed by atoms with E-state index in [9.17, 15) is 9.59 Å². The van der Waals surface area contributed by atoms with E-state index < -0.39 is 5.97 Å². The van der Waals surface area contributed by atoms with Crippen molar-refractivity contribution in [1.82, 2.24) is 0 Å². The van der Waals surface area contributed by atoms with E-state index in [1.807, 2.05) is 0 Å². The Labute approximate surface area is 104 Å². The Hall–Kier alpha value is -1.55. The molecule has 4 nitrogen and oxygen atoms in total. The highest BCUT2D eigenvalue weighted by atomic mass is 35.5. The van der Waals surface area contributed by atoms with Gasteiger partial charge in [-0.3, -0.25) is 4.79 Å². The number of fused-ring (bicyclic) bond motifs is 1. The number of hydrogen-bond acceptors (Lipinski definition) is 4. The highest BCUT2D eigenvalue weighted by Gasteiger charge is 2.21. The molecule has 0 amide bonds. The van der Waals surface area contributed by atoms with Gasteiger partial charge >= 0.3 is 5.97 Å². The number of anilines is 1. The van der Waals surface area contributed by atoms with Crippen molar-refractivity contribution in [3.8, 4) is 0 Å². The van der Waals surface area contributed by atoms with E-state index in [1.165, 1.54) is 6.07 Å². The molecule has 0 atom stereocenters. The summed E-state index contributed by atoms with van der Waals surface area (Å²) in [5.41, 5.74) is 1.47. The lowest BCUT2D eigenvalue weighted by atomic mass is 10.00. The van der Waals surface area contributed by atoms with E-state index in [-0.39, 0.29) is 16.4 Å². The van der Waals surface area contributed by atoms with Crippen LogP contribution in [0.3, 0.4) is 0 Å². The largest absolute Gasteiger partial charge is 0.462 e. The molecular weight excluding hydrogens is 242 g/mol. The van der Waals surface area contributed by atoms with Crippen LogP contribution in [0.5, 0.6) is 0 Å². The third kappa shape index (κ3) is 2.26. The molecule has 0 aromatic heterocycles. The Morgan fingerprint density at radius 3 is 3.00 bits per heavy atom. The topological polar surface area (TPSA) is 55.4 Å². The molecule has 5 heteroatoms. The van der Waals surface area contributed by atoms with Gasteiger partial charge in [0.2, 0.25) is 0 Å². The summed E-state index contributed by atoms with van der Waals surface area (Å²) in [5.74, 6) is -0.434. The third-order valence-electron chi connectivity index (χ3n) is 2.57. The fourth-order valence-corrected chi connectivity index (χ4v) is 2.00. The zero-order chi connectivity index (χ0) is 12.4. The summed E-state index contributed by atoms with van der Waals surface area (Å²) in [6.45, 7) is 2.60. The summed E-state index contributed by atoms with van der Waals surface area (Å²) in [6.07, 6.45) is 0.447. The molecule has 0 saturated carbocycles. The van der Waals surface area contributed by atoms with Crippen molar-refractivity contribution in [3.63, 3.8) is 0 Å². The Morgan fingerprint density at radius 1 is 1.53 bits per heavy atom. The summed E-state index contributed by atoms with van der Waals surface area (Å²) in [5, 5.41) is 3.32. The van der Waals surface area contributed by atoms with Gasteiger partial charge in [-0.25, -0.2) is 4.79 Å². The first kappa shape index (κ1) is 11.9. The maximum Gasteiger partial charge on any atom is 0.339 e. The summed E-state index contributed by atoms with van der Waals surface area (Å²) in [6, 6.07) is 3.10. The van der Waals surface area contributed by atoms with Gasteiger partial charge in [-0.15, -0.1) is 0 Å². The second-order valence-electron chi connectivity index (χ2n) is 3.70. The lowest BCUT2D eigenvalue weighted by molar-refractivity contribution is 0.0526. The molecule has 1 heterocycles. The first-order valence-electron chi connectivity index (χ1n) is 5.41. The van der Waals surface area contributed by atoms with Gasteiger partial charge < -0.3 is 10.1 Å². The number of carbonyl (C=O) groups excluding carboxylic acids is 2. The van der Waals surface area contributed by atoms with Gasteiger partial charge in [0.25, 0.3) is 0 Å². The van der Waals surface area contributed by atoms with E-state index >= 15 is 0 Å². The van der Waals surface area contributed by atoms with Crippen LogP contribution in [0.15, 0.2) is 12.1 Å². The van der Waals surface area contributed by atoms with Crippen LogP contribution in [0.1, 0.15) is 34.1 Å². The average molecular weight is 254 g/mol. The van der Waals surface area contributed by atoms with Gasteiger partial charge in [0.15, 0.2) is 5.78 Å². The number of ether oxygens (including phenoxy) is 1. The monoisotopic (exact) mass is 253 g/mol. The van der Waals surface area contributed by atoms with E-state index in [1.54, 1.807) is 13.0 Å². The number of benzene rings is 1. The lowest BCUT2D eigenvalue weighted by Gasteiger charge is -2.18. The fraction of sp³-hybridized carbons (Fsp3) is 0.333. The molecule has 1 aliphatic rings. The van der Waals surface area contributed by atoms with E-state index in [2.05, 4.69) is 5.32 Å². The minimum Gasteiger partial charge on any atom is -0.462 e. The molecule has 0 saturated heterocycles. The Bertz CT molecular complexity index is 485. The van der Waals surface area contributed by atoms with Crippen molar-refractivity contribution in [1.29, 1.82) is 0 Å². The molecule has 0 radical (unpaired) electrons. The van der Waals surface area contributed by atoms with Crippen LogP contribution in [0.4, 0.5) is 5.69 Å². The Kier molecular flexibility index (Phi) is 3.33. The lowest BCUT2D eigenvalue weighted by Crippen LogP contribution is -2.19. The molecule has 1 aliphatic heterocycles. The number of hydrogen-bond donors (Lipinski definition) is 1. The summed E-state index contributed by atoms with van der Waals surface area (Å²) < 4.78 is 4.89. The maximum atomic E-state index is 11.6. The van der Waals surface area contributed by atoms with Gasteiger partial charge in [-0.1, -0.05) is 11.6 Å². The number of halogens is 1. The van der Waals surface area contributed by atoms with E-state index in [4.69, 9.17) is 16.3 Å². The second kappa shape index (κ2) is 4.75. The highest BCUT2D eigenvalue weighted by molar-refractivity contribution is 6.34. The van der Waals surface area contributed by atoms with Crippen molar-refractivity contribution in [2.75, 3.05) is 18.5 Å². The minimum absolute atomic E-state index is 0.0380. The van der Waals surface area contributed by atoms with E-state index in [0.717, 1.165) is 0 Å². The number of Topliss-reactive ketones (excluding diaryl/α,β-unsaturated/α-hetero) is 1. The fourth-order valence-electron chi connectivity index (χ4n) is 1.76. The highest BCUT2D eigenvalue weighted by Crippen LogP contribution is 2.29. The zero-order valence-corrected chi connectivity index (χ0v) is 10.1. The molecule has 0 spiro atoms. The summed E-state index contributed by atoms with van der Waals surface area (Å²) in [4.78, 5) is 23.2. The van der Waals surface area contributed by atoms with Gasteiger partial charge in [0.05, 0.1) is 17.2 Å². The number of esters is 1. The number of nitrogens with one attached hydrogen (secondary N) is 1. The number of carbonyl (C=O) groups is 2. The Balaban J connectivity index is 2.43. The summed E-state index contributed by atoms with van der Waals surface area (Å²) >= 11 is 5.98. The zero-order valence-electron chi connectivity index (χ0n) is 9.38. The van der Waals surface area contributed by atoms with Crippen molar-refractivity contribution in [2.24, 2.45) is 0 Å². The van der Waals surface area contributed by atoms with Crippen LogP contribution < -0.4 is 5.32 Å². The van der Waals surface area contributed by atoms with Gasteiger partial charge in [0, 0.05) is 24.2 Å². The van der Waals surface area contributed by atoms with Crippen molar-refractivity contribution in [2.45, 2.75) is 13.3 Å². The van der Waals surface area contributed by atoms with Crippen LogP contribution in [-0.2, 0) is 4.74 Å². The Morgan fingerprint density at radius 2 is 2.29 bits per heavy atom. The van der Waals surface area contributed by atoms with Crippen molar-refractivity contribution >= 4 is 29.0 Å². The normalized spacial score (nSPS) is 13.9.